The largest absolute Gasteiger partial charge is 0.320 e. The van der Waals surface area contributed by atoms with Gasteiger partial charge in [-0.05, 0) is 34.0 Å². The van der Waals surface area contributed by atoms with Crippen LogP contribution in [0, 0.1) is 0 Å². The van der Waals surface area contributed by atoms with E-state index < -0.39 is 11.9 Å². The minimum absolute atomic E-state index is 0.463. The second-order valence-electron chi connectivity index (χ2n) is 3.21. The predicted molar refractivity (Wildman–Crippen MR) is 55.1 cm³/mol. The molecule has 1 aliphatic heterocycles. The highest BCUT2D eigenvalue weighted by Crippen LogP contribution is 2.33. The summed E-state index contributed by atoms with van der Waals surface area (Å²) in [5.41, 5.74) is 6.94. The first kappa shape index (κ1) is 9.64. The van der Waals surface area contributed by atoms with Gasteiger partial charge in [0.1, 0.15) is 0 Å². The lowest BCUT2D eigenvalue weighted by Crippen LogP contribution is -2.47. The molecule has 0 aliphatic carbocycles. The van der Waals surface area contributed by atoms with Crippen LogP contribution in [0.2, 0.25) is 0 Å². The van der Waals surface area contributed by atoms with Gasteiger partial charge in [-0.2, -0.15) is 5.06 Å². The average Bonchev–Trinajstić information content (AvgIpc) is 2.14. The van der Waals surface area contributed by atoms with Gasteiger partial charge in [-0.1, -0.05) is 12.1 Å². The second kappa shape index (κ2) is 3.34. The zero-order chi connectivity index (χ0) is 10.3. The number of anilines is 1. The zero-order valence-corrected chi connectivity index (χ0v) is 8.86. The van der Waals surface area contributed by atoms with Crippen LogP contribution in [0.1, 0.15) is 5.56 Å². The third-order valence-corrected chi connectivity index (χ3v) is 2.89. The molecule has 3 N–H and O–H groups in total. The molecule has 2 rings (SSSR count). The summed E-state index contributed by atoms with van der Waals surface area (Å²) in [6.45, 7) is 0. The molecule has 74 valence electrons. The van der Waals surface area contributed by atoms with E-state index in [9.17, 15) is 10.0 Å². The zero-order valence-electron chi connectivity index (χ0n) is 7.27. The van der Waals surface area contributed by atoms with Gasteiger partial charge >= 0.3 is 0 Å². The summed E-state index contributed by atoms with van der Waals surface area (Å²) < 4.78 is 0.692. The molecule has 0 bridgehead atoms. The second-order valence-corrected chi connectivity index (χ2v) is 4.06. The Morgan fingerprint density at radius 2 is 2.29 bits per heavy atom. The maximum atomic E-state index is 11.4. The van der Waals surface area contributed by atoms with Gasteiger partial charge in [-0.15, -0.1) is 0 Å². The van der Waals surface area contributed by atoms with Crippen LogP contribution in [0.15, 0.2) is 22.7 Å². The number of carbonyl (C=O) groups is 1. The van der Waals surface area contributed by atoms with Gasteiger partial charge in [0.05, 0.1) is 11.7 Å². The molecule has 1 aromatic rings. The molecule has 1 aliphatic rings. The molecule has 14 heavy (non-hydrogen) atoms. The normalized spacial score (nSPS) is 20.9. The Kier molecular flexibility index (Phi) is 2.30. The number of benzene rings is 1. The van der Waals surface area contributed by atoms with E-state index in [1.807, 2.05) is 12.1 Å². The van der Waals surface area contributed by atoms with Crippen LogP contribution in [-0.2, 0) is 11.2 Å². The first-order valence-electron chi connectivity index (χ1n) is 4.17. The first-order chi connectivity index (χ1) is 6.61. The molecule has 1 atom stereocenters. The van der Waals surface area contributed by atoms with E-state index in [4.69, 9.17) is 5.73 Å². The number of para-hydroxylation sites is 1. The van der Waals surface area contributed by atoms with Crippen LogP contribution >= 0.6 is 15.9 Å². The Hall–Kier alpha value is -0.910. The van der Waals surface area contributed by atoms with Crippen molar-refractivity contribution in [2.24, 2.45) is 5.73 Å². The summed E-state index contributed by atoms with van der Waals surface area (Å²) in [6.07, 6.45) is 0.463. The lowest BCUT2D eigenvalue weighted by Gasteiger charge is -2.28. The quantitative estimate of drug-likeness (QED) is 0.683. The Labute approximate surface area is 89.4 Å². The predicted octanol–water partition coefficient (Wildman–Crippen LogP) is 1.05. The molecule has 0 aromatic heterocycles. The van der Waals surface area contributed by atoms with Crippen molar-refractivity contribution in [2.45, 2.75) is 12.5 Å². The van der Waals surface area contributed by atoms with Gasteiger partial charge in [-0.25, -0.2) is 0 Å². The van der Waals surface area contributed by atoms with E-state index in [-0.39, 0.29) is 0 Å². The minimum atomic E-state index is -0.651. The summed E-state index contributed by atoms with van der Waals surface area (Å²) in [4.78, 5) is 11.4. The molecule has 4 nitrogen and oxygen atoms in total. The highest BCUT2D eigenvalue weighted by molar-refractivity contribution is 9.10. The van der Waals surface area contributed by atoms with Crippen molar-refractivity contribution in [3.05, 3.63) is 28.2 Å². The van der Waals surface area contributed by atoms with E-state index in [1.165, 1.54) is 0 Å². The fraction of sp³-hybridized carbons (Fsp3) is 0.222. The topological polar surface area (TPSA) is 66.6 Å². The number of rotatable bonds is 0. The molecule has 0 spiro atoms. The van der Waals surface area contributed by atoms with Crippen LogP contribution < -0.4 is 10.8 Å². The molecule has 0 saturated carbocycles. The number of carbonyl (C=O) groups excluding carboxylic acids is 1. The minimum Gasteiger partial charge on any atom is -0.320 e. The monoisotopic (exact) mass is 256 g/mol. The number of halogens is 1. The Balaban J connectivity index is 2.56. The molecular weight excluding hydrogens is 248 g/mol. The number of hydrogen-bond acceptors (Lipinski definition) is 3. The molecule has 1 amide bonds. The highest BCUT2D eigenvalue weighted by atomic mass is 79.9. The van der Waals surface area contributed by atoms with Gasteiger partial charge in [0.15, 0.2) is 0 Å². The van der Waals surface area contributed by atoms with Gasteiger partial charge in [-0.3, -0.25) is 10.0 Å². The molecule has 5 heteroatoms. The van der Waals surface area contributed by atoms with Gasteiger partial charge in [0, 0.05) is 4.47 Å². The molecule has 0 saturated heterocycles. The Bertz CT molecular complexity index is 394. The fourth-order valence-corrected chi connectivity index (χ4v) is 2.13. The van der Waals surface area contributed by atoms with Crippen LogP contribution in [0.4, 0.5) is 5.69 Å². The number of nitrogens with two attached hydrogens (primary N) is 1. The van der Waals surface area contributed by atoms with E-state index in [2.05, 4.69) is 15.9 Å². The lowest BCUT2D eigenvalue weighted by atomic mass is 9.99. The molecule has 0 fully saturated rings. The average molecular weight is 257 g/mol. The third kappa shape index (κ3) is 1.33. The van der Waals surface area contributed by atoms with Crippen molar-refractivity contribution in [3.63, 3.8) is 0 Å². The van der Waals surface area contributed by atoms with Gasteiger partial charge in [0.25, 0.3) is 5.91 Å². The van der Waals surface area contributed by atoms with Crippen LogP contribution in [0.25, 0.3) is 0 Å². The maximum absolute atomic E-state index is 11.4. The highest BCUT2D eigenvalue weighted by Gasteiger charge is 2.30. The summed E-state index contributed by atoms with van der Waals surface area (Å²) in [5, 5.41) is 10.2. The van der Waals surface area contributed by atoms with Crippen molar-refractivity contribution in [3.8, 4) is 0 Å². The third-order valence-electron chi connectivity index (χ3n) is 2.25. The molecule has 1 heterocycles. The van der Waals surface area contributed by atoms with Crippen molar-refractivity contribution < 1.29 is 10.0 Å². The van der Waals surface area contributed by atoms with Crippen LogP contribution in [0.5, 0.6) is 0 Å². The standard InChI is InChI=1S/C9H9BrN2O2/c10-6-3-1-2-5-4-7(11)9(13)12(14)8(5)6/h1-3,7,14H,4,11H2. The van der Waals surface area contributed by atoms with Crippen molar-refractivity contribution in [1.29, 1.82) is 0 Å². The summed E-state index contributed by atoms with van der Waals surface area (Å²) in [6, 6.07) is 4.81. The van der Waals surface area contributed by atoms with Gasteiger partial charge in [0.2, 0.25) is 0 Å². The number of hydrogen-bond donors (Lipinski definition) is 2. The van der Waals surface area contributed by atoms with Crippen LogP contribution in [0.3, 0.4) is 0 Å². The lowest BCUT2D eigenvalue weighted by molar-refractivity contribution is -0.125. The van der Waals surface area contributed by atoms with Gasteiger partial charge < -0.3 is 5.73 Å². The van der Waals surface area contributed by atoms with Crippen molar-refractivity contribution >= 4 is 27.5 Å². The Morgan fingerprint density at radius 3 is 3.00 bits per heavy atom. The number of hydroxylamine groups is 1. The SMILES string of the molecule is NC1Cc2cccc(Br)c2N(O)C1=O. The molecule has 1 unspecified atom stereocenters. The molecule has 1 aromatic carbocycles. The summed E-state index contributed by atoms with van der Waals surface area (Å²) in [7, 11) is 0. The maximum Gasteiger partial charge on any atom is 0.267 e. The van der Waals surface area contributed by atoms with Crippen molar-refractivity contribution in [2.75, 3.05) is 5.06 Å². The molecular formula is C9H9BrN2O2. The van der Waals surface area contributed by atoms with E-state index in [0.717, 1.165) is 5.56 Å². The first-order valence-corrected chi connectivity index (χ1v) is 4.96. The number of amides is 1. The number of fused-ring (bicyclic) bond motifs is 1. The van der Waals surface area contributed by atoms with Crippen LogP contribution in [-0.4, -0.2) is 17.2 Å². The Morgan fingerprint density at radius 1 is 1.57 bits per heavy atom. The van der Waals surface area contributed by atoms with Crippen molar-refractivity contribution in [1.82, 2.24) is 0 Å². The number of nitrogens with zero attached hydrogens (tertiary/aromatic N) is 1. The van der Waals surface area contributed by atoms with E-state index >= 15 is 0 Å². The summed E-state index contributed by atoms with van der Waals surface area (Å²) >= 11 is 3.28. The smallest absolute Gasteiger partial charge is 0.267 e. The fourth-order valence-electron chi connectivity index (χ4n) is 1.55. The van der Waals surface area contributed by atoms with E-state index in [1.54, 1.807) is 6.07 Å². The summed E-state index contributed by atoms with van der Waals surface area (Å²) in [5.74, 6) is -0.468. The molecule has 0 radical (unpaired) electrons. The van der Waals surface area contributed by atoms with E-state index in [0.29, 0.717) is 21.6 Å².